The number of ether oxygens (including phenoxy) is 1. The summed E-state index contributed by atoms with van der Waals surface area (Å²) in [6, 6.07) is 42.6. The lowest BCUT2D eigenvalue weighted by molar-refractivity contribution is 0.230. The van der Waals surface area contributed by atoms with Gasteiger partial charge in [0.2, 0.25) is 5.71 Å². The maximum Gasteiger partial charge on any atom is 0.213 e. The zero-order valence-electron chi connectivity index (χ0n) is 24.9. The minimum atomic E-state index is -0.171. The molecule has 9 rings (SSSR count). The van der Waals surface area contributed by atoms with Crippen LogP contribution in [0.15, 0.2) is 162 Å². The van der Waals surface area contributed by atoms with E-state index in [-0.39, 0.29) is 12.1 Å². The summed E-state index contributed by atoms with van der Waals surface area (Å²) in [4.78, 5) is 2.28. The normalized spacial score (nSPS) is 17.5. The SMILES string of the molecule is C=CC1=C(/C=C\C)C2c3ccc(-c4ccc5c6c7ccccc7oc6n(-c6ccccc6)c5c4)cc3OC2N1c1ccccc1. The topological polar surface area (TPSA) is 30.5 Å². The molecular formula is C41H30N2O2. The van der Waals surface area contributed by atoms with Crippen molar-refractivity contribution in [3.63, 3.8) is 0 Å². The second-order valence-electron chi connectivity index (χ2n) is 11.7. The largest absolute Gasteiger partial charge is 0.469 e. The van der Waals surface area contributed by atoms with Gasteiger partial charge < -0.3 is 14.1 Å². The van der Waals surface area contributed by atoms with Crippen LogP contribution in [0.25, 0.3) is 49.8 Å². The molecule has 0 radical (unpaired) electrons. The van der Waals surface area contributed by atoms with Gasteiger partial charge in [0, 0.05) is 33.4 Å². The number of rotatable bonds is 5. The second-order valence-corrected chi connectivity index (χ2v) is 11.7. The van der Waals surface area contributed by atoms with Gasteiger partial charge >= 0.3 is 0 Å². The highest BCUT2D eigenvalue weighted by molar-refractivity contribution is 6.20. The van der Waals surface area contributed by atoms with E-state index in [1.54, 1.807) is 0 Å². The zero-order chi connectivity index (χ0) is 30.1. The number of benzene rings is 5. The maximum absolute atomic E-state index is 6.82. The van der Waals surface area contributed by atoms with E-state index in [0.29, 0.717) is 0 Å². The first-order valence-electron chi connectivity index (χ1n) is 15.4. The summed E-state index contributed by atoms with van der Waals surface area (Å²) in [5, 5.41) is 3.44. The van der Waals surface area contributed by atoms with Crippen molar-refractivity contribution in [2.75, 3.05) is 4.90 Å². The average molecular weight is 583 g/mol. The molecule has 2 aliphatic rings. The van der Waals surface area contributed by atoms with Crippen LogP contribution in [0.2, 0.25) is 0 Å². The first kappa shape index (κ1) is 25.7. The number of para-hydroxylation sites is 3. The molecule has 2 aromatic heterocycles. The second kappa shape index (κ2) is 9.90. The Morgan fingerprint density at radius 1 is 0.733 bits per heavy atom. The smallest absolute Gasteiger partial charge is 0.213 e. The fourth-order valence-electron chi connectivity index (χ4n) is 7.34. The number of nitrogens with zero attached hydrogens (tertiary/aromatic N) is 2. The molecule has 0 bridgehead atoms. The molecule has 0 saturated carbocycles. The highest BCUT2D eigenvalue weighted by Crippen LogP contribution is 2.53. The molecule has 4 heterocycles. The molecule has 0 saturated heterocycles. The summed E-state index contributed by atoms with van der Waals surface area (Å²) < 4.78 is 15.5. The van der Waals surface area contributed by atoms with Crippen LogP contribution in [0.3, 0.4) is 0 Å². The van der Waals surface area contributed by atoms with Crippen molar-refractivity contribution in [2.24, 2.45) is 0 Å². The van der Waals surface area contributed by atoms with Crippen LogP contribution in [-0.2, 0) is 0 Å². The van der Waals surface area contributed by atoms with E-state index >= 15 is 0 Å². The van der Waals surface area contributed by atoms with Gasteiger partial charge in [-0.1, -0.05) is 97.6 Å². The summed E-state index contributed by atoms with van der Waals surface area (Å²) in [5.74, 6) is 1.02. The molecule has 0 aliphatic carbocycles. The van der Waals surface area contributed by atoms with Gasteiger partial charge in [0.25, 0.3) is 0 Å². The van der Waals surface area contributed by atoms with Crippen molar-refractivity contribution in [3.05, 3.63) is 163 Å². The summed E-state index contributed by atoms with van der Waals surface area (Å²) in [7, 11) is 0. The molecule has 4 heteroatoms. The summed E-state index contributed by atoms with van der Waals surface area (Å²) in [6.45, 7) is 6.24. The van der Waals surface area contributed by atoms with E-state index in [0.717, 1.165) is 61.5 Å². The monoisotopic (exact) mass is 582 g/mol. The predicted molar refractivity (Wildman–Crippen MR) is 184 cm³/mol. The van der Waals surface area contributed by atoms with E-state index < -0.39 is 0 Å². The van der Waals surface area contributed by atoms with Crippen molar-refractivity contribution in [1.29, 1.82) is 0 Å². The van der Waals surface area contributed by atoms with Gasteiger partial charge in [-0.2, -0.15) is 0 Å². The Morgan fingerprint density at radius 3 is 2.22 bits per heavy atom. The summed E-state index contributed by atoms with van der Waals surface area (Å²) >= 11 is 0. The summed E-state index contributed by atoms with van der Waals surface area (Å²) in [6.07, 6.45) is 6.09. The van der Waals surface area contributed by atoms with Crippen LogP contribution < -0.4 is 9.64 Å². The number of hydrogen-bond acceptors (Lipinski definition) is 3. The van der Waals surface area contributed by atoms with Gasteiger partial charge in [0.1, 0.15) is 11.3 Å². The first-order chi connectivity index (χ1) is 22.2. The van der Waals surface area contributed by atoms with Crippen molar-refractivity contribution >= 4 is 38.7 Å². The first-order valence-corrected chi connectivity index (χ1v) is 15.4. The number of fused-ring (bicyclic) bond motifs is 8. The molecule has 45 heavy (non-hydrogen) atoms. The lowest BCUT2D eigenvalue weighted by atomic mass is 9.90. The highest BCUT2D eigenvalue weighted by Gasteiger charge is 2.47. The molecule has 0 N–H and O–H groups in total. The van der Waals surface area contributed by atoms with Crippen LogP contribution in [0.5, 0.6) is 5.75 Å². The van der Waals surface area contributed by atoms with Crippen LogP contribution in [0, 0.1) is 0 Å². The number of anilines is 1. The van der Waals surface area contributed by atoms with Gasteiger partial charge in [-0.15, -0.1) is 0 Å². The lowest BCUT2D eigenvalue weighted by Crippen LogP contribution is -2.34. The molecular weight excluding hydrogens is 552 g/mol. The average Bonchev–Trinajstić information content (AvgIpc) is 3.81. The molecule has 0 amide bonds. The maximum atomic E-state index is 6.82. The zero-order valence-corrected chi connectivity index (χ0v) is 24.9. The van der Waals surface area contributed by atoms with Crippen molar-refractivity contribution in [1.82, 2.24) is 4.57 Å². The van der Waals surface area contributed by atoms with E-state index in [1.165, 1.54) is 16.5 Å². The van der Waals surface area contributed by atoms with Gasteiger partial charge in [0.05, 0.1) is 16.8 Å². The van der Waals surface area contributed by atoms with Gasteiger partial charge in [-0.3, -0.25) is 4.57 Å². The Bertz CT molecular complexity index is 2340. The Morgan fingerprint density at radius 2 is 1.44 bits per heavy atom. The van der Waals surface area contributed by atoms with Gasteiger partial charge in [-0.05, 0) is 72.2 Å². The third-order valence-electron chi connectivity index (χ3n) is 9.24. The Hall–Kier alpha value is -5.74. The quantitative estimate of drug-likeness (QED) is 0.202. The molecule has 5 aromatic carbocycles. The minimum absolute atomic E-state index is 0.0939. The number of aromatic nitrogens is 1. The van der Waals surface area contributed by atoms with E-state index in [9.17, 15) is 0 Å². The van der Waals surface area contributed by atoms with E-state index in [4.69, 9.17) is 9.15 Å². The third-order valence-corrected chi connectivity index (χ3v) is 9.24. The van der Waals surface area contributed by atoms with Crippen molar-refractivity contribution < 1.29 is 9.15 Å². The number of furan rings is 1. The minimum Gasteiger partial charge on any atom is -0.469 e. The van der Waals surface area contributed by atoms with Crippen LogP contribution >= 0.6 is 0 Å². The summed E-state index contributed by atoms with van der Waals surface area (Å²) in [5.41, 5.74) is 10.8. The van der Waals surface area contributed by atoms with E-state index in [1.807, 2.05) is 30.3 Å². The van der Waals surface area contributed by atoms with Crippen LogP contribution in [-0.4, -0.2) is 10.8 Å². The highest BCUT2D eigenvalue weighted by atomic mass is 16.5. The van der Waals surface area contributed by atoms with Crippen molar-refractivity contribution in [3.8, 4) is 22.6 Å². The fourth-order valence-corrected chi connectivity index (χ4v) is 7.34. The molecule has 2 aliphatic heterocycles. The molecule has 216 valence electrons. The molecule has 7 aromatic rings. The Kier molecular flexibility index (Phi) is 5.66. The predicted octanol–water partition coefficient (Wildman–Crippen LogP) is 10.5. The standard InChI is InChI=1S/C41H30N2O2/c1-3-13-30-34(4-2)42(28-14-7-5-8-15-28)40-38(30)33-23-21-27(25-37(33)45-40)26-20-22-31-35(24-26)43(29-16-9-6-10-17-29)41-39(31)32-18-11-12-19-36(32)44-41/h3-25,38,40H,2H2,1H3/b13-3-. The lowest BCUT2D eigenvalue weighted by Gasteiger charge is -2.27. The molecule has 2 atom stereocenters. The molecule has 0 spiro atoms. The fraction of sp³-hybridized carbons (Fsp3) is 0.0732. The van der Waals surface area contributed by atoms with E-state index in [2.05, 4.69) is 132 Å². The number of allylic oxidation sites excluding steroid dienone is 3. The van der Waals surface area contributed by atoms with Crippen LogP contribution in [0.1, 0.15) is 18.4 Å². The Balaban J connectivity index is 1.19. The van der Waals surface area contributed by atoms with Crippen molar-refractivity contribution in [2.45, 2.75) is 19.1 Å². The molecule has 4 nitrogen and oxygen atoms in total. The number of hydrogen-bond donors (Lipinski definition) is 0. The van der Waals surface area contributed by atoms with Gasteiger partial charge in [-0.25, -0.2) is 0 Å². The third kappa shape index (κ3) is 3.72. The van der Waals surface area contributed by atoms with Gasteiger partial charge in [0.15, 0.2) is 6.23 Å². The molecule has 0 fully saturated rings. The Labute approximate surface area is 261 Å². The molecule has 2 unspecified atom stereocenters. The van der Waals surface area contributed by atoms with Crippen LogP contribution in [0.4, 0.5) is 5.69 Å².